The molecule has 0 saturated heterocycles. The largest absolute Gasteiger partial charge is 0.299 e. The zero-order chi connectivity index (χ0) is 14.7. The Balaban J connectivity index is 2.53. The first-order valence-electron chi connectivity index (χ1n) is 7.23. The van der Waals surface area contributed by atoms with Gasteiger partial charge >= 0.3 is 0 Å². The van der Waals surface area contributed by atoms with Crippen LogP contribution in [0.25, 0.3) is 10.7 Å². The molecule has 2 rings (SSSR count). The highest BCUT2D eigenvalue weighted by Crippen LogP contribution is 2.34. The number of nitrogens with one attached hydrogen (secondary N) is 1. The third kappa shape index (κ3) is 3.01. The van der Waals surface area contributed by atoms with Gasteiger partial charge in [0.2, 0.25) is 0 Å². The molecule has 0 atom stereocenters. The van der Waals surface area contributed by atoms with Crippen molar-refractivity contribution in [3.63, 3.8) is 0 Å². The van der Waals surface area contributed by atoms with E-state index in [4.69, 9.17) is 17.2 Å². The first-order chi connectivity index (χ1) is 9.58. The van der Waals surface area contributed by atoms with E-state index in [2.05, 4.69) is 42.5 Å². The maximum absolute atomic E-state index is 5.33. The molecule has 2 aromatic rings. The first kappa shape index (κ1) is 15.4. The maximum atomic E-state index is 5.33. The molecule has 1 N–H and O–H groups in total. The quantitative estimate of drug-likeness (QED) is 0.796. The minimum absolute atomic E-state index is 0.396. The van der Waals surface area contributed by atoms with Crippen LogP contribution in [-0.2, 0) is 13.0 Å². The minimum Gasteiger partial charge on any atom is -0.299 e. The molecule has 0 unspecified atom stereocenters. The summed E-state index contributed by atoms with van der Waals surface area (Å²) in [7, 11) is 0. The molecule has 0 saturated carbocycles. The number of aromatic amines is 1. The van der Waals surface area contributed by atoms with Gasteiger partial charge in [0.25, 0.3) is 0 Å². The average Bonchev–Trinajstić information content (AvgIpc) is 2.96. The van der Waals surface area contributed by atoms with Gasteiger partial charge in [-0.15, -0.1) is 11.3 Å². The summed E-state index contributed by atoms with van der Waals surface area (Å²) in [5.41, 5.74) is 1.14. The number of hydrogen-bond donors (Lipinski definition) is 1. The number of nitrogens with zero attached hydrogens (tertiary/aromatic N) is 3. The normalized spacial score (nSPS) is 11.4. The molecular formula is C14H22N4S2. The van der Waals surface area contributed by atoms with Crippen LogP contribution >= 0.6 is 23.6 Å². The van der Waals surface area contributed by atoms with E-state index < -0.39 is 0 Å². The molecule has 6 heteroatoms. The fourth-order valence-corrected chi connectivity index (χ4v) is 3.71. The Morgan fingerprint density at radius 2 is 2.05 bits per heavy atom. The Morgan fingerprint density at radius 1 is 1.30 bits per heavy atom. The van der Waals surface area contributed by atoms with E-state index in [0.717, 1.165) is 37.3 Å². The highest BCUT2D eigenvalue weighted by Gasteiger charge is 2.20. The monoisotopic (exact) mass is 310 g/mol. The predicted octanol–water partition coefficient (Wildman–Crippen LogP) is 4.55. The van der Waals surface area contributed by atoms with Crippen LogP contribution in [0.3, 0.4) is 0 Å². The zero-order valence-electron chi connectivity index (χ0n) is 12.6. The van der Waals surface area contributed by atoms with Crippen molar-refractivity contribution in [3.8, 4) is 10.7 Å². The SMILES string of the molecule is CCCc1nc(C(C)C)c(-c2n[nH]c(=S)n2CCC)s1. The summed E-state index contributed by atoms with van der Waals surface area (Å²) < 4.78 is 2.78. The molecule has 20 heavy (non-hydrogen) atoms. The standard InChI is InChI=1S/C14H22N4S2/c1-5-7-10-15-11(9(3)4)12(20-10)13-16-17-14(19)18(13)8-6-2/h9H,5-8H2,1-4H3,(H,17,19). The molecule has 0 fully saturated rings. The van der Waals surface area contributed by atoms with Gasteiger partial charge in [0, 0.05) is 6.54 Å². The molecule has 2 aromatic heterocycles. The molecule has 0 aromatic carbocycles. The van der Waals surface area contributed by atoms with Gasteiger partial charge in [-0.2, -0.15) is 5.10 Å². The van der Waals surface area contributed by atoms with Gasteiger partial charge in [0.05, 0.1) is 15.6 Å². The van der Waals surface area contributed by atoms with E-state index in [1.165, 1.54) is 9.88 Å². The van der Waals surface area contributed by atoms with Crippen molar-refractivity contribution in [1.82, 2.24) is 19.7 Å². The summed E-state index contributed by atoms with van der Waals surface area (Å²) >= 11 is 7.09. The summed E-state index contributed by atoms with van der Waals surface area (Å²) in [4.78, 5) is 5.97. The van der Waals surface area contributed by atoms with Crippen LogP contribution in [0.5, 0.6) is 0 Å². The molecule has 0 aliphatic heterocycles. The molecule has 0 aliphatic carbocycles. The molecule has 0 spiro atoms. The second kappa shape index (κ2) is 6.63. The lowest BCUT2D eigenvalue weighted by molar-refractivity contribution is 0.674. The average molecular weight is 310 g/mol. The van der Waals surface area contributed by atoms with Crippen LogP contribution in [0.15, 0.2) is 0 Å². The molecule has 0 bridgehead atoms. The van der Waals surface area contributed by atoms with Crippen LogP contribution in [0, 0.1) is 4.77 Å². The Hall–Kier alpha value is -1.01. The van der Waals surface area contributed by atoms with Gasteiger partial charge < -0.3 is 0 Å². The zero-order valence-corrected chi connectivity index (χ0v) is 14.2. The van der Waals surface area contributed by atoms with E-state index in [9.17, 15) is 0 Å². The van der Waals surface area contributed by atoms with Crippen molar-refractivity contribution in [2.75, 3.05) is 0 Å². The fourth-order valence-electron chi connectivity index (χ4n) is 2.17. The van der Waals surface area contributed by atoms with Crippen molar-refractivity contribution < 1.29 is 0 Å². The number of aromatic nitrogens is 4. The van der Waals surface area contributed by atoms with Gasteiger partial charge in [-0.3, -0.25) is 9.67 Å². The second-order valence-electron chi connectivity index (χ2n) is 5.23. The lowest BCUT2D eigenvalue weighted by Crippen LogP contribution is -2.01. The van der Waals surface area contributed by atoms with E-state index in [1.54, 1.807) is 11.3 Å². The van der Waals surface area contributed by atoms with Gasteiger partial charge in [-0.25, -0.2) is 4.98 Å². The summed E-state index contributed by atoms with van der Waals surface area (Å²) in [6.07, 6.45) is 3.19. The number of aryl methyl sites for hydroxylation is 1. The molecule has 2 heterocycles. The maximum Gasteiger partial charge on any atom is 0.195 e. The number of hydrogen-bond acceptors (Lipinski definition) is 4. The van der Waals surface area contributed by atoms with Crippen molar-refractivity contribution in [2.45, 2.75) is 59.4 Å². The summed E-state index contributed by atoms with van der Waals surface area (Å²) in [5, 5.41) is 8.56. The van der Waals surface area contributed by atoms with E-state index in [0.29, 0.717) is 10.7 Å². The summed E-state index contributed by atoms with van der Waals surface area (Å²) in [6.45, 7) is 9.59. The van der Waals surface area contributed by atoms with Gasteiger partial charge in [-0.1, -0.05) is 27.7 Å². The Kier molecular flexibility index (Phi) is 5.10. The van der Waals surface area contributed by atoms with Crippen LogP contribution in [0.2, 0.25) is 0 Å². The molecule has 110 valence electrons. The van der Waals surface area contributed by atoms with Gasteiger partial charge in [-0.05, 0) is 37.4 Å². The lowest BCUT2D eigenvalue weighted by atomic mass is 10.1. The Bertz CT molecular complexity index is 621. The molecular weight excluding hydrogens is 288 g/mol. The van der Waals surface area contributed by atoms with E-state index in [-0.39, 0.29) is 0 Å². The number of H-pyrrole nitrogens is 1. The smallest absolute Gasteiger partial charge is 0.195 e. The van der Waals surface area contributed by atoms with E-state index >= 15 is 0 Å². The second-order valence-corrected chi connectivity index (χ2v) is 6.70. The topological polar surface area (TPSA) is 46.5 Å². The third-order valence-electron chi connectivity index (χ3n) is 3.12. The van der Waals surface area contributed by atoms with Crippen LogP contribution < -0.4 is 0 Å². The fraction of sp³-hybridized carbons (Fsp3) is 0.643. The van der Waals surface area contributed by atoms with Crippen LogP contribution in [0.1, 0.15) is 57.2 Å². The van der Waals surface area contributed by atoms with Gasteiger partial charge in [0.1, 0.15) is 0 Å². The molecule has 4 nitrogen and oxygen atoms in total. The predicted molar refractivity (Wildman–Crippen MR) is 86.9 cm³/mol. The van der Waals surface area contributed by atoms with Crippen molar-refractivity contribution >= 4 is 23.6 Å². The van der Waals surface area contributed by atoms with Crippen LogP contribution in [-0.4, -0.2) is 19.7 Å². The Morgan fingerprint density at radius 3 is 2.65 bits per heavy atom. The summed E-state index contributed by atoms with van der Waals surface area (Å²) in [6, 6.07) is 0. The lowest BCUT2D eigenvalue weighted by Gasteiger charge is -2.06. The van der Waals surface area contributed by atoms with Crippen molar-refractivity contribution in [2.24, 2.45) is 0 Å². The van der Waals surface area contributed by atoms with E-state index in [1.807, 2.05) is 0 Å². The Labute approximate surface area is 129 Å². The minimum atomic E-state index is 0.396. The highest BCUT2D eigenvalue weighted by atomic mass is 32.1. The molecule has 0 radical (unpaired) electrons. The number of thiazole rings is 1. The number of rotatable bonds is 6. The van der Waals surface area contributed by atoms with Crippen molar-refractivity contribution in [3.05, 3.63) is 15.5 Å². The molecule has 0 aliphatic rings. The third-order valence-corrected chi connectivity index (χ3v) is 4.56. The highest BCUT2D eigenvalue weighted by molar-refractivity contribution is 7.71. The van der Waals surface area contributed by atoms with Crippen LogP contribution in [0.4, 0.5) is 0 Å². The van der Waals surface area contributed by atoms with Crippen molar-refractivity contribution in [1.29, 1.82) is 0 Å². The van der Waals surface area contributed by atoms with Gasteiger partial charge in [0.15, 0.2) is 10.6 Å². The molecule has 0 amide bonds. The summed E-state index contributed by atoms with van der Waals surface area (Å²) in [5.74, 6) is 1.34. The first-order valence-corrected chi connectivity index (χ1v) is 8.46.